The van der Waals surface area contributed by atoms with E-state index in [4.69, 9.17) is 14.2 Å². The highest BCUT2D eigenvalue weighted by Gasteiger charge is 2.16. The maximum absolute atomic E-state index is 11.5. The topological polar surface area (TPSA) is 61.8 Å². The van der Waals surface area contributed by atoms with Crippen molar-refractivity contribution in [2.75, 3.05) is 13.2 Å². The van der Waals surface area contributed by atoms with Crippen molar-refractivity contribution < 1.29 is 23.8 Å². The summed E-state index contributed by atoms with van der Waals surface area (Å²) in [6, 6.07) is 15.6. The Morgan fingerprint density at radius 3 is 2.06 bits per heavy atom. The monoisotopic (exact) mass is 446 g/mol. The fraction of sp³-hybridized carbons (Fsp3) is 0.286. The van der Waals surface area contributed by atoms with Crippen LogP contribution in [0, 0.1) is 11.8 Å². The van der Waals surface area contributed by atoms with Gasteiger partial charge < -0.3 is 14.2 Å². The highest BCUT2D eigenvalue weighted by atomic mass is 16.6. The van der Waals surface area contributed by atoms with Crippen LogP contribution in [0.25, 0.3) is 0 Å². The van der Waals surface area contributed by atoms with Gasteiger partial charge in [-0.25, -0.2) is 9.59 Å². The van der Waals surface area contributed by atoms with Crippen LogP contribution in [0.3, 0.4) is 0 Å². The van der Waals surface area contributed by atoms with Crippen LogP contribution >= 0.6 is 0 Å². The third kappa shape index (κ3) is 9.92. The van der Waals surface area contributed by atoms with E-state index in [0.717, 1.165) is 29.7 Å². The van der Waals surface area contributed by atoms with Gasteiger partial charge in [-0.3, -0.25) is 0 Å². The number of unbranched alkanes of at least 4 members (excludes halogenated alkanes) is 2. The molecule has 0 aromatic heterocycles. The Bertz CT molecular complexity index is 978. The Morgan fingerprint density at radius 2 is 1.48 bits per heavy atom. The summed E-state index contributed by atoms with van der Waals surface area (Å²) in [6.45, 7) is 8.76. The molecule has 0 aliphatic rings. The molecule has 1 unspecified atom stereocenters. The molecule has 0 bridgehead atoms. The molecule has 0 saturated heterocycles. The molecule has 0 aliphatic carbocycles. The first-order valence-electron chi connectivity index (χ1n) is 11.0. The molecule has 2 aromatic rings. The second kappa shape index (κ2) is 14.3. The van der Waals surface area contributed by atoms with Crippen molar-refractivity contribution in [3.8, 4) is 17.6 Å². The lowest BCUT2D eigenvalue weighted by atomic mass is 10.1. The van der Waals surface area contributed by atoms with E-state index in [1.807, 2.05) is 12.1 Å². The molecular weight excluding hydrogens is 416 g/mol. The van der Waals surface area contributed by atoms with Crippen molar-refractivity contribution in [1.82, 2.24) is 0 Å². The molecule has 2 aromatic carbocycles. The summed E-state index contributed by atoms with van der Waals surface area (Å²) in [5, 5.41) is 0. The summed E-state index contributed by atoms with van der Waals surface area (Å²) < 4.78 is 15.8. The van der Waals surface area contributed by atoms with Crippen LogP contribution in [0.15, 0.2) is 73.8 Å². The SMILES string of the molecule is C=CC(=O)OCC(COc1ccc(C#Cc2ccc(CCCCC)cc2)cc1)OC(=O)C=C. The van der Waals surface area contributed by atoms with Gasteiger partial charge in [-0.15, -0.1) is 0 Å². The first kappa shape index (κ1) is 25.5. The van der Waals surface area contributed by atoms with Crippen LogP contribution in [0.5, 0.6) is 5.75 Å². The molecule has 1 atom stereocenters. The molecule has 2 rings (SSSR count). The number of carbonyl (C=O) groups excluding carboxylic acids is 2. The highest BCUT2D eigenvalue weighted by Crippen LogP contribution is 2.13. The van der Waals surface area contributed by atoms with E-state index in [2.05, 4.69) is 56.2 Å². The minimum absolute atomic E-state index is 0.0135. The lowest BCUT2D eigenvalue weighted by molar-refractivity contribution is -0.154. The average molecular weight is 447 g/mol. The van der Waals surface area contributed by atoms with Gasteiger partial charge in [-0.1, -0.05) is 56.9 Å². The number of aryl methyl sites for hydroxylation is 1. The third-order valence-corrected chi connectivity index (χ3v) is 4.69. The molecule has 0 radical (unpaired) electrons. The smallest absolute Gasteiger partial charge is 0.330 e. The molecule has 172 valence electrons. The fourth-order valence-electron chi connectivity index (χ4n) is 2.86. The Hall–Kier alpha value is -3.78. The number of ether oxygens (including phenoxy) is 3. The average Bonchev–Trinajstić information content (AvgIpc) is 2.85. The minimum Gasteiger partial charge on any atom is -0.490 e. The van der Waals surface area contributed by atoms with Crippen molar-refractivity contribution in [3.05, 3.63) is 90.5 Å². The summed E-state index contributed by atoms with van der Waals surface area (Å²) in [6.07, 6.45) is 6.10. The van der Waals surface area contributed by atoms with E-state index in [-0.39, 0.29) is 13.2 Å². The summed E-state index contributed by atoms with van der Waals surface area (Å²) in [4.78, 5) is 22.7. The van der Waals surface area contributed by atoms with Crippen molar-refractivity contribution in [2.45, 2.75) is 38.7 Å². The van der Waals surface area contributed by atoms with E-state index in [9.17, 15) is 9.59 Å². The lowest BCUT2D eigenvalue weighted by Gasteiger charge is -2.17. The molecule has 5 nitrogen and oxygen atoms in total. The van der Waals surface area contributed by atoms with Crippen LogP contribution in [0.4, 0.5) is 0 Å². The Morgan fingerprint density at radius 1 is 0.879 bits per heavy atom. The Labute approximate surface area is 196 Å². The number of benzene rings is 2. The van der Waals surface area contributed by atoms with Gasteiger partial charge in [0, 0.05) is 23.3 Å². The van der Waals surface area contributed by atoms with Crippen LogP contribution in [0.1, 0.15) is 42.9 Å². The van der Waals surface area contributed by atoms with Gasteiger partial charge in [0.1, 0.15) is 19.0 Å². The Kier molecular flexibility index (Phi) is 11.1. The predicted octanol–water partition coefficient (Wildman–Crippen LogP) is 5.02. The highest BCUT2D eigenvalue weighted by molar-refractivity contribution is 5.82. The number of esters is 2. The molecular formula is C28H30O5. The fourth-order valence-corrected chi connectivity index (χ4v) is 2.86. The Balaban J connectivity index is 1.90. The van der Waals surface area contributed by atoms with Crippen LogP contribution in [0.2, 0.25) is 0 Å². The van der Waals surface area contributed by atoms with Crippen LogP contribution in [-0.2, 0) is 25.5 Å². The summed E-state index contributed by atoms with van der Waals surface area (Å²) in [5.74, 6) is 5.66. The van der Waals surface area contributed by atoms with Gasteiger partial charge in [0.05, 0.1) is 0 Å². The number of hydrogen-bond donors (Lipinski definition) is 0. The zero-order chi connectivity index (χ0) is 23.9. The molecule has 0 fully saturated rings. The second-order valence-corrected chi connectivity index (χ2v) is 7.34. The van der Waals surface area contributed by atoms with E-state index < -0.39 is 18.0 Å². The summed E-state index contributed by atoms with van der Waals surface area (Å²) in [7, 11) is 0. The molecule has 0 N–H and O–H groups in total. The summed E-state index contributed by atoms with van der Waals surface area (Å²) in [5.41, 5.74) is 3.16. The maximum atomic E-state index is 11.5. The molecule has 0 aliphatic heterocycles. The molecule has 0 saturated carbocycles. The van der Waals surface area contributed by atoms with E-state index in [0.29, 0.717) is 5.75 Å². The van der Waals surface area contributed by atoms with E-state index in [1.165, 1.54) is 24.8 Å². The predicted molar refractivity (Wildman–Crippen MR) is 129 cm³/mol. The van der Waals surface area contributed by atoms with Crippen LogP contribution < -0.4 is 4.74 Å². The van der Waals surface area contributed by atoms with Gasteiger partial charge in [0.25, 0.3) is 0 Å². The van der Waals surface area contributed by atoms with E-state index in [1.54, 1.807) is 12.1 Å². The van der Waals surface area contributed by atoms with Crippen LogP contribution in [-0.4, -0.2) is 31.3 Å². The van der Waals surface area contributed by atoms with Crippen molar-refractivity contribution in [2.24, 2.45) is 0 Å². The standard InChI is InChI=1S/C28H30O5/c1-4-7-8-9-22-10-12-23(13-11-22)14-15-24-16-18-25(19-17-24)31-20-26(33-28(30)6-3)21-32-27(29)5-2/h5-6,10-13,16-19,26H,2-4,7-9,20-21H2,1H3. The second-order valence-electron chi connectivity index (χ2n) is 7.34. The first-order chi connectivity index (χ1) is 16.0. The molecule has 5 heteroatoms. The van der Waals surface area contributed by atoms with Gasteiger partial charge in [-0.2, -0.15) is 0 Å². The quantitative estimate of drug-likeness (QED) is 0.198. The number of rotatable bonds is 12. The van der Waals surface area contributed by atoms with E-state index >= 15 is 0 Å². The zero-order valence-electron chi connectivity index (χ0n) is 19.0. The van der Waals surface area contributed by atoms with Crippen molar-refractivity contribution >= 4 is 11.9 Å². The normalized spacial score (nSPS) is 10.8. The zero-order valence-corrected chi connectivity index (χ0v) is 19.0. The molecule has 0 heterocycles. The molecule has 33 heavy (non-hydrogen) atoms. The van der Waals surface area contributed by atoms with Gasteiger partial charge in [0.2, 0.25) is 0 Å². The minimum atomic E-state index is -0.774. The van der Waals surface area contributed by atoms with Gasteiger partial charge >= 0.3 is 11.9 Å². The molecule has 0 spiro atoms. The van der Waals surface area contributed by atoms with Crippen molar-refractivity contribution in [1.29, 1.82) is 0 Å². The number of carbonyl (C=O) groups is 2. The number of hydrogen-bond acceptors (Lipinski definition) is 5. The van der Waals surface area contributed by atoms with Crippen molar-refractivity contribution in [3.63, 3.8) is 0 Å². The lowest BCUT2D eigenvalue weighted by Crippen LogP contribution is -2.30. The maximum Gasteiger partial charge on any atom is 0.330 e. The van der Waals surface area contributed by atoms with Gasteiger partial charge in [0.15, 0.2) is 6.10 Å². The largest absolute Gasteiger partial charge is 0.490 e. The first-order valence-corrected chi connectivity index (χ1v) is 11.0. The summed E-state index contributed by atoms with van der Waals surface area (Å²) >= 11 is 0. The van der Waals surface area contributed by atoms with Gasteiger partial charge in [-0.05, 0) is 54.8 Å². The molecule has 0 amide bonds. The third-order valence-electron chi connectivity index (χ3n) is 4.69.